The molecule has 0 saturated heterocycles. The van der Waals surface area contributed by atoms with E-state index in [2.05, 4.69) is 53.6 Å². The van der Waals surface area contributed by atoms with Gasteiger partial charge < -0.3 is 9.84 Å². The number of rotatable bonds is 8. The monoisotopic (exact) mass is 565 g/mol. The van der Waals surface area contributed by atoms with Crippen molar-refractivity contribution in [3.63, 3.8) is 0 Å². The van der Waals surface area contributed by atoms with E-state index in [-0.39, 0.29) is 22.8 Å². The number of hydrazone groups is 1. The zero-order valence-electron chi connectivity index (χ0n) is 23.3. The minimum Gasteiger partial charge on any atom is -0.507 e. The molecule has 0 bridgehead atoms. The van der Waals surface area contributed by atoms with E-state index in [1.807, 2.05) is 71.3 Å². The van der Waals surface area contributed by atoms with Crippen molar-refractivity contribution in [3.8, 4) is 28.6 Å². The topological polar surface area (TPSA) is 102 Å². The summed E-state index contributed by atoms with van der Waals surface area (Å²) in [6, 6.07) is 27.0. The average molecular weight is 566 g/mol. The highest BCUT2D eigenvalue weighted by Crippen LogP contribution is 2.31. The fourth-order valence-corrected chi connectivity index (χ4v) is 5.13. The van der Waals surface area contributed by atoms with Gasteiger partial charge in [0.2, 0.25) is 0 Å². The SMILES string of the molecule is COc1ccc(-n2c(SCC(=O)NN=Cc3c(O)ccc4ccccc34)nnc2-c2ccc(C(C)(C)C)cc2)cc1. The summed E-state index contributed by atoms with van der Waals surface area (Å²) in [5.74, 6) is 1.25. The highest BCUT2D eigenvalue weighted by atomic mass is 32.2. The highest BCUT2D eigenvalue weighted by molar-refractivity contribution is 7.99. The van der Waals surface area contributed by atoms with Gasteiger partial charge in [-0.3, -0.25) is 9.36 Å². The molecule has 9 heteroatoms. The van der Waals surface area contributed by atoms with Crippen LogP contribution in [0.2, 0.25) is 0 Å². The molecular formula is C32H31N5O3S. The number of fused-ring (bicyclic) bond motifs is 1. The van der Waals surface area contributed by atoms with Crippen LogP contribution in [0.15, 0.2) is 95.2 Å². The van der Waals surface area contributed by atoms with E-state index in [4.69, 9.17) is 4.74 Å². The van der Waals surface area contributed by atoms with Crippen molar-refractivity contribution < 1.29 is 14.6 Å². The molecule has 8 nitrogen and oxygen atoms in total. The van der Waals surface area contributed by atoms with Crippen LogP contribution in [0.1, 0.15) is 31.9 Å². The molecule has 0 radical (unpaired) electrons. The van der Waals surface area contributed by atoms with Gasteiger partial charge in [0.15, 0.2) is 11.0 Å². The molecule has 1 heterocycles. The van der Waals surface area contributed by atoms with Crippen molar-refractivity contribution in [3.05, 3.63) is 96.1 Å². The lowest BCUT2D eigenvalue weighted by Gasteiger charge is -2.19. The Morgan fingerprint density at radius 3 is 2.44 bits per heavy atom. The number of benzene rings is 4. The summed E-state index contributed by atoms with van der Waals surface area (Å²) in [6.45, 7) is 6.53. The van der Waals surface area contributed by atoms with Gasteiger partial charge in [-0.15, -0.1) is 10.2 Å². The zero-order chi connectivity index (χ0) is 29.0. The Morgan fingerprint density at radius 2 is 1.73 bits per heavy atom. The largest absolute Gasteiger partial charge is 0.507 e. The molecule has 5 rings (SSSR count). The van der Waals surface area contributed by atoms with Crippen LogP contribution in [0.25, 0.3) is 27.8 Å². The molecule has 5 aromatic rings. The van der Waals surface area contributed by atoms with E-state index >= 15 is 0 Å². The van der Waals surface area contributed by atoms with Gasteiger partial charge in [-0.25, -0.2) is 5.43 Å². The third-order valence-corrected chi connectivity index (χ3v) is 7.56. The van der Waals surface area contributed by atoms with Crippen molar-refractivity contribution in [1.29, 1.82) is 0 Å². The first kappa shape index (κ1) is 27.9. The van der Waals surface area contributed by atoms with Gasteiger partial charge in [0.25, 0.3) is 5.91 Å². The van der Waals surface area contributed by atoms with Crippen LogP contribution < -0.4 is 10.2 Å². The van der Waals surface area contributed by atoms with Gasteiger partial charge in [-0.05, 0) is 52.1 Å². The molecule has 4 aromatic carbocycles. The Morgan fingerprint density at radius 1 is 1.00 bits per heavy atom. The number of carbonyl (C=O) groups excluding carboxylic acids is 1. The molecule has 0 atom stereocenters. The van der Waals surface area contributed by atoms with Gasteiger partial charge in [0, 0.05) is 16.8 Å². The number of aromatic nitrogens is 3. The summed E-state index contributed by atoms with van der Waals surface area (Å²) in [5.41, 5.74) is 6.11. The summed E-state index contributed by atoms with van der Waals surface area (Å²) in [5, 5.41) is 25.7. The number of phenolic OH excluding ortho intramolecular Hbond substituents is 1. The second-order valence-corrected chi connectivity index (χ2v) is 11.4. The molecule has 0 fully saturated rings. The number of phenols is 1. The van der Waals surface area contributed by atoms with Crippen molar-refractivity contribution in [2.45, 2.75) is 31.3 Å². The number of hydrogen-bond donors (Lipinski definition) is 2. The number of aromatic hydroxyl groups is 1. The molecular weight excluding hydrogens is 534 g/mol. The summed E-state index contributed by atoms with van der Waals surface area (Å²) in [6.07, 6.45) is 1.46. The third-order valence-electron chi connectivity index (χ3n) is 6.64. The van der Waals surface area contributed by atoms with Crippen LogP contribution in [0.3, 0.4) is 0 Å². The molecule has 1 aromatic heterocycles. The molecule has 0 saturated carbocycles. The quantitative estimate of drug-likeness (QED) is 0.129. The van der Waals surface area contributed by atoms with E-state index in [0.717, 1.165) is 27.8 Å². The van der Waals surface area contributed by atoms with Gasteiger partial charge in [0.1, 0.15) is 11.5 Å². The number of amides is 1. The maximum absolute atomic E-state index is 12.7. The Kier molecular flexibility index (Phi) is 8.07. The first-order valence-electron chi connectivity index (χ1n) is 13.1. The summed E-state index contributed by atoms with van der Waals surface area (Å²) in [7, 11) is 1.62. The lowest BCUT2D eigenvalue weighted by Crippen LogP contribution is -2.20. The van der Waals surface area contributed by atoms with E-state index in [1.54, 1.807) is 13.2 Å². The lowest BCUT2D eigenvalue weighted by molar-refractivity contribution is -0.118. The second kappa shape index (κ2) is 11.9. The minimum absolute atomic E-state index is 0.0331. The maximum atomic E-state index is 12.7. The van der Waals surface area contributed by atoms with Crippen LogP contribution in [0.4, 0.5) is 0 Å². The minimum atomic E-state index is -0.314. The van der Waals surface area contributed by atoms with Crippen LogP contribution in [0, 0.1) is 0 Å². The fraction of sp³-hybridized carbons (Fsp3) is 0.188. The number of carbonyl (C=O) groups is 1. The zero-order valence-corrected chi connectivity index (χ0v) is 24.1. The van der Waals surface area contributed by atoms with Crippen molar-refractivity contribution in [1.82, 2.24) is 20.2 Å². The van der Waals surface area contributed by atoms with E-state index < -0.39 is 0 Å². The highest BCUT2D eigenvalue weighted by Gasteiger charge is 2.19. The Hall–Kier alpha value is -4.63. The molecule has 1 amide bonds. The number of methoxy groups -OCH3 is 1. The molecule has 0 aliphatic carbocycles. The first-order chi connectivity index (χ1) is 19.7. The first-order valence-corrected chi connectivity index (χ1v) is 14.1. The Bertz CT molecular complexity index is 1700. The molecule has 41 heavy (non-hydrogen) atoms. The predicted octanol–water partition coefficient (Wildman–Crippen LogP) is 6.34. The molecule has 2 N–H and O–H groups in total. The van der Waals surface area contributed by atoms with Crippen LogP contribution in [-0.2, 0) is 10.2 Å². The molecule has 0 aliphatic heterocycles. The number of ether oxygens (including phenoxy) is 1. The van der Waals surface area contributed by atoms with Gasteiger partial charge in [-0.2, -0.15) is 5.10 Å². The number of nitrogens with zero attached hydrogens (tertiary/aromatic N) is 4. The van der Waals surface area contributed by atoms with Gasteiger partial charge in [0.05, 0.1) is 19.1 Å². The second-order valence-electron chi connectivity index (χ2n) is 10.5. The number of thioether (sulfide) groups is 1. The smallest absolute Gasteiger partial charge is 0.250 e. The summed E-state index contributed by atoms with van der Waals surface area (Å²) in [4.78, 5) is 12.7. The van der Waals surface area contributed by atoms with Gasteiger partial charge >= 0.3 is 0 Å². The number of hydrogen-bond acceptors (Lipinski definition) is 7. The van der Waals surface area contributed by atoms with E-state index in [0.29, 0.717) is 16.5 Å². The van der Waals surface area contributed by atoms with Crippen molar-refractivity contribution >= 4 is 34.7 Å². The van der Waals surface area contributed by atoms with Crippen LogP contribution >= 0.6 is 11.8 Å². The Balaban J connectivity index is 1.36. The van der Waals surface area contributed by atoms with Crippen molar-refractivity contribution in [2.75, 3.05) is 12.9 Å². The third kappa shape index (κ3) is 6.25. The number of nitrogens with one attached hydrogen (secondary N) is 1. The molecule has 0 spiro atoms. The van der Waals surface area contributed by atoms with Gasteiger partial charge in [-0.1, -0.05) is 87.1 Å². The van der Waals surface area contributed by atoms with Crippen molar-refractivity contribution in [2.24, 2.45) is 5.10 Å². The molecule has 0 aliphatic rings. The van der Waals surface area contributed by atoms with E-state index in [9.17, 15) is 9.90 Å². The van der Waals surface area contributed by atoms with Crippen LogP contribution in [0.5, 0.6) is 11.5 Å². The molecule has 208 valence electrons. The Labute approximate surface area is 243 Å². The fourth-order valence-electron chi connectivity index (χ4n) is 4.38. The maximum Gasteiger partial charge on any atom is 0.250 e. The van der Waals surface area contributed by atoms with Crippen LogP contribution in [-0.4, -0.2) is 44.9 Å². The normalized spacial score (nSPS) is 11.7. The van der Waals surface area contributed by atoms with E-state index in [1.165, 1.54) is 23.5 Å². The predicted molar refractivity (Wildman–Crippen MR) is 164 cm³/mol. The average Bonchev–Trinajstić information content (AvgIpc) is 3.41. The summed E-state index contributed by atoms with van der Waals surface area (Å²) >= 11 is 1.26. The lowest BCUT2D eigenvalue weighted by atomic mass is 9.87. The standard InChI is InChI=1S/C32H31N5O3S/c1-32(2,3)23-12-9-22(10-13-23)30-35-36-31(37(30)24-14-16-25(40-4)17-15-24)41-20-29(39)34-33-19-27-26-8-6-5-7-21(26)11-18-28(27)38/h5-19,38H,20H2,1-4H3,(H,34,39). The molecule has 0 unspecified atom stereocenters. The summed E-state index contributed by atoms with van der Waals surface area (Å²) < 4.78 is 7.26.